The Morgan fingerprint density at radius 3 is 2.10 bits per heavy atom. The third kappa shape index (κ3) is 3.05. The van der Waals surface area contributed by atoms with E-state index >= 15 is 0 Å². The molecule has 0 spiro atoms. The SMILES string of the molecule is O=S(=O)(c1ccccc1CO)N(CC1CC1)CC1CC1. The van der Waals surface area contributed by atoms with Crippen LogP contribution in [-0.2, 0) is 16.6 Å². The highest BCUT2D eigenvalue weighted by molar-refractivity contribution is 7.89. The molecule has 0 amide bonds. The highest BCUT2D eigenvalue weighted by Crippen LogP contribution is 2.36. The first-order valence-corrected chi connectivity index (χ1v) is 8.74. The Balaban J connectivity index is 1.89. The summed E-state index contributed by atoms with van der Waals surface area (Å²) in [6.45, 7) is 1.04. The highest BCUT2D eigenvalue weighted by atomic mass is 32.2. The Morgan fingerprint density at radius 1 is 1.05 bits per heavy atom. The van der Waals surface area contributed by atoms with E-state index in [0.717, 1.165) is 25.7 Å². The van der Waals surface area contributed by atoms with Crippen LogP contribution in [0.15, 0.2) is 29.2 Å². The Labute approximate surface area is 120 Å². The van der Waals surface area contributed by atoms with Crippen LogP contribution in [0.5, 0.6) is 0 Å². The molecule has 3 rings (SSSR count). The quantitative estimate of drug-likeness (QED) is 0.837. The van der Waals surface area contributed by atoms with Crippen LogP contribution in [0.25, 0.3) is 0 Å². The topological polar surface area (TPSA) is 57.6 Å². The van der Waals surface area contributed by atoms with E-state index in [2.05, 4.69) is 0 Å². The van der Waals surface area contributed by atoms with Gasteiger partial charge in [-0.25, -0.2) is 8.42 Å². The highest BCUT2D eigenvalue weighted by Gasteiger charge is 2.36. The van der Waals surface area contributed by atoms with E-state index < -0.39 is 10.0 Å². The number of hydrogen-bond donors (Lipinski definition) is 1. The predicted octanol–water partition coefficient (Wildman–Crippen LogP) is 1.99. The van der Waals surface area contributed by atoms with Gasteiger partial charge in [0, 0.05) is 13.1 Å². The lowest BCUT2D eigenvalue weighted by Crippen LogP contribution is -2.35. The summed E-state index contributed by atoms with van der Waals surface area (Å²) in [4.78, 5) is 0.267. The van der Waals surface area contributed by atoms with E-state index in [-0.39, 0.29) is 11.5 Å². The predicted molar refractivity (Wildman–Crippen MR) is 76.6 cm³/mol. The van der Waals surface area contributed by atoms with E-state index in [1.54, 1.807) is 28.6 Å². The van der Waals surface area contributed by atoms with Gasteiger partial charge in [0.2, 0.25) is 10.0 Å². The van der Waals surface area contributed by atoms with Crippen molar-refractivity contribution in [2.45, 2.75) is 37.2 Å². The zero-order valence-electron chi connectivity index (χ0n) is 11.5. The van der Waals surface area contributed by atoms with Crippen molar-refractivity contribution in [2.75, 3.05) is 13.1 Å². The molecule has 0 aliphatic heterocycles. The maximum absolute atomic E-state index is 12.9. The summed E-state index contributed by atoms with van der Waals surface area (Å²) in [5.41, 5.74) is 0.490. The number of benzene rings is 1. The van der Waals surface area contributed by atoms with E-state index in [0.29, 0.717) is 30.5 Å². The number of aliphatic hydroxyl groups excluding tert-OH is 1. The van der Waals surface area contributed by atoms with Crippen molar-refractivity contribution in [2.24, 2.45) is 11.8 Å². The smallest absolute Gasteiger partial charge is 0.243 e. The Morgan fingerprint density at radius 2 is 1.60 bits per heavy atom. The molecule has 2 aliphatic rings. The maximum Gasteiger partial charge on any atom is 0.243 e. The van der Waals surface area contributed by atoms with Crippen molar-refractivity contribution in [1.82, 2.24) is 4.31 Å². The van der Waals surface area contributed by atoms with Crippen LogP contribution in [0, 0.1) is 11.8 Å². The van der Waals surface area contributed by atoms with Gasteiger partial charge < -0.3 is 5.11 Å². The molecule has 1 N–H and O–H groups in total. The molecule has 110 valence electrons. The summed E-state index contributed by atoms with van der Waals surface area (Å²) in [5.74, 6) is 1.06. The molecule has 2 saturated carbocycles. The average Bonchev–Trinajstić information content (AvgIpc) is 3.33. The van der Waals surface area contributed by atoms with Gasteiger partial charge in [-0.1, -0.05) is 18.2 Å². The summed E-state index contributed by atoms with van der Waals surface area (Å²) < 4.78 is 27.4. The largest absolute Gasteiger partial charge is 0.392 e. The Hall–Kier alpha value is -0.910. The van der Waals surface area contributed by atoms with Crippen LogP contribution in [-0.4, -0.2) is 30.9 Å². The number of rotatable bonds is 7. The van der Waals surface area contributed by atoms with Crippen LogP contribution >= 0.6 is 0 Å². The molecule has 0 heterocycles. The molecule has 4 nitrogen and oxygen atoms in total. The lowest BCUT2D eigenvalue weighted by atomic mass is 10.2. The van der Waals surface area contributed by atoms with Gasteiger partial charge in [-0.05, 0) is 49.1 Å². The van der Waals surface area contributed by atoms with Gasteiger partial charge in [0.25, 0.3) is 0 Å². The van der Waals surface area contributed by atoms with Gasteiger partial charge in [-0.2, -0.15) is 4.31 Å². The van der Waals surface area contributed by atoms with Crippen molar-refractivity contribution in [1.29, 1.82) is 0 Å². The first-order chi connectivity index (χ1) is 9.61. The molecule has 0 bridgehead atoms. The van der Waals surface area contributed by atoms with Crippen molar-refractivity contribution in [3.8, 4) is 0 Å². The van der Waals surface area contributed by atoms with Gasteiger partial charge in [0.1, 0.15) is 0 Å². The summed E-state index contributed by atoms with van der Waals surface area (Å²) in [6, 6.07) is 6.77. The lowest BCUT2D eigenvalue weighted by Gasteiger charge is -2.23. The van der Waals surface area contributed by atoms with Crippen molar-refractivity contribution in [3.05, 3.63) is 29.8 Å². The van der Waals surface area contributed by atoms with E-state index in [1.807, 2.05) is 0 Å². The average molecular weight is 295 g/mol. The second-order valence-electron chi connectivity index (χ2n) is 5.97. The van der Waals surface area contributed by atoms with Crippen molar-refractivity contribution >= 4 is 10.0 Å². The molecular weight excluding hydrogens is 274 g/mol. The number of sulfonamides is 1. The lowest BCUT2D eigenvalue weighted by molar-refractivity contribution is 0.278. The van der Waals surface area contributed by atoms with Crippen molar-refractivity contribution < 1.29 is 13.5 Å². The zero-order valence-corrected chi connectivity index (χ0v) is 12.3. The van der Waals surface area contributed by atoms with Gasteiger partial charge >= 0.3 is 0 Å². The number of nitrogens with zero attached hydrogens (tertiary/aromatic N) is 1. The molecule has 0 saturated heterocycles. The molecule has 5 heteroatoms. The monoisotopic (exact) mass is 295 g/mol. The van der Waals surface area contributed by atoms with Crippen LogP contribution < -0.4 is 0 Å². The van der Waals surface area contributed by atoms with Gasteiger partial charge in [0.15, 0.2) is 0 Å². The van der Waals surface area contributed by atoms with Crippen LogP contribution in [0.2, 0.25) is 0 Å². The summed E-state index contributed by atoms with van der Waals surface area (Å²) >= 11 is 0. The molecular formula is C15H21NO3S. The standard InChI is InChI=1S/C15H21NO3S/c17-11-14-3-1-2-4-15(14)20(18,19)16(9-12-5-6-12)10-13-7-8-13/h1-4,12-13,17H,5-11H2. The van der Waals surface area contributed by atoms with E-state index in [4.69, 9.17) is 0 Å². The van der Waals surface area contributed by atoms with Gasteiger partial charge in [-0.3, -0.25) is 0 Å². The number of aliphatic hydroxyl groups is 1. The summed E-state index contributed by atoms with van der Waals surface area (Å²) in [5, 5.41) is 9.37. The van der Waals surface area contributed by atoms with E-state index in [1.165, 1.54) is 0 Å². The molecule has 20 heavy (non-hydrogen) atoms. The fourth-order valence-electron chi connectivity index (χ4n) is 2.47. The van der Waals surface area contributed by atoms with Crippen LogP contribution in [0.1, 0.15) is 31.2 Å². The fourth-order valence-corrected chi connectivity index (χ4v) is 4.28. The molecule has 2 fully saturated rings. The van der Waals surface area contributed by atoms with Crippen molar-refractivity contribution in [3.63, 3.8) is 0 Å². The van der Waals surface area contributed by atoms with E-state index in [9.17, 15) is 13.5 Å². The second-order valence-corrected chi connectivity index (χ2v) is 7.88. The molecule has 0 atom stereocenters. The molecule has 1 aromatic carbocycles. The zero-order chi connectivity index (χ0) is 14.2. The summed E-state index contributed by atoms with van der Waals surface area (Å²) in [7, 11) is -3.48. The third-order valence-corrected chi connectivity index (χ3v) is 6.01. The maximum atomic E-state index is 12.9. The minimum absolute atomic E-state index is 0.240. The Kier molecular flexibility index (Phi) is 3.84. The van der Waals surface area contributed by atoms with Crippen LogP contribution in [0.3, 0.4) is 0 Å². The molecule has 2 aliphatic carbocycles. The normalized spacial score (nSPS) is 19.5. The van der Waals surface area contributed by atoms with Crippen LogP contribution in [0.4, 0.5) is 0 Å². The first kappa shape index (κ1) is 14.0. The van der Waals surface area contributed by atoms with Gasteiger partial charge in [0.05, 0.1) is 11.5 Å². The minimum atomic E-state index is -3.48. The molecule has 0 radical (unpaired) electrons. The second kappa shape index (κ2) is 5.47. The summed E-state index contributed by atoms with van der Waals surface area (Å²) in [6.07, 6.45) is 4.55. The van der Waals surface area contributed by atoms with Gasteiger partial charge in [-0.15, -0.1) is 0 Å². The molecule has 0 aromatic heterocycles. The minimum Gasteiger partial charge on any atom is -0.392 e. The number of hydrogen-bond acceptors (Lipinski definition) is 3. The Bertz CT molecular complexity index is 563. The molecule has 0 unspecified atom stereocenters. The molecule has 1 aromatic rings. The fraction of sp³-hybridized carbons (Fsp3) is 0.600. The third-order valence-electron chi connectivity index (χ3n) is 4.08. The first-order valence-electron chi connectivity index (χ1n) is 7.30.